The van der Waals surface area contributed by atoms with Crippen LogP contribution < -0.4 is 21.1 Å². The van der Waals surface area contributed by atoms with Crippen LogP contribution in [0.3, 0.4) is 0 Å². The van der Waals surface area contributed by atoms with E-state index < -0.39 is 16.6 Å². The van der Waals surface area contributed by atoms with Crippen LogP contribution in [0, 0.1) is 6.92 Å². The van der Waals surface area contributed by atoms with E-state index in [9.17, 15) is 14.7 Å². The number of rotatable bonds is 11. The molecule has 0 aliphatic carbocycles. The Morgan fingerprint density at radius 3 is 2.44 bits per heavy atom. The topological polar surface area (TPSA) is 69.6 Å². The van der Waals surface area contributed by atoms with Gasteiger partial charge in [-0.25, -0.2) is 0 Å². The summed E-state index contributed by atoms with van der Waals surface area (Å²) in [4.78, 5) is 25.4. The molecule has 3 aromatic carbocycles. The number of nitrogens with zero attached hydrogens (tertiary/aromatic N) is 1. The third-order valence-electron chi connectivity index (χ3n) is 5.76. The van der Waals surface area contributed by atoms with E-state index in [-0.39, 0.29) is 5.56 Å². The summed E-state index contributed by atoms with van der Waals surface area (Å²) in [6.07, 6.45) is 6.11. The molecule has 0 aliphatic rings. The van der Waals surface area contributed by atoms with E-state index in [2.05, 4.69) is 54.4 Å². The van der Waals surface area contributed by atoms with E-state index >= 15 is 0 Å². The van der Waals surface area contributed by atoms with E-state index in [1.165, 1.54) is 12.0 Å². The molecule has 0 atom stereocenters. The van der Waals surface area contributed by atoms with Gasteiger partial charge < -0.3 is 15.3 Å². The molecule has 3 aromatic rings. The highest BCUT2D eigenvalue weighted by Crippen LogP contribution is 2.29. The van der Waals surface area contributed by atoms with Crippen LogP contribution in [0.2, 0.25) is 0 Å². The van der Waals surface area contributed by atoms with E-state index in [0.29, 0.717) is 0 Å². The fourth-order valence-electron chi connectivity index (χ4n) is 3.87. The number of nitrogens with one attached hydrogen (secondary N) is 1. The van der Waals surface area contributed by atoms with Gasteiger partial charge in [0, 0.05) is 30.2 Å². The number of aryl methyl sites for hydroxylation is 1. The number of hydrogen-bond acceptors (Lipinski definition) is 5. The molecule has 0 unspecified atom stereocenters. The van der Waals surface area contributed by atoms with E-state index in [1.54, 1.807) is 6.08 Å². The van der Waals surface area contributed by atoms with Gasteiger partial charge in [-0.15, -0.1) is 0 Å². The van der Waals surface area contributed by atoms with Gasteiger partial charge >= 0.3 is 0 Å². The van der Waals surface area contributed by atoms with Gasteiger partial charge in [0.15, 0.2) is 5.75 Å². The molecule has 5 nitrogen and oxygen atoms in total. The predicted molar refractivity (Wildman–Crippen MR) is 133 cm³/mol. The minimum Gasteiger partial charge on any atom is -0.504 e. The predicted octanol–water partition coefficient (Wildman–Crippen LogP) is 5.36. The number of allylic oxidation sites excluding steroid dienone is 1. The SMILES string of the molecule is CCCCCCN(/C(C)=C/c1c(O)c(=O)c1=O)c1ccc(NCc2ccccc2)cc1C. The summed E-state index contributed by atoms with van der Waals surface area (Å²) in [6.45, 7) is 7.73. The van der Waals surface area contributed by atoms with Crippen LogP contribution in [-0.4, -0.2) is 11.7 Å². The molecule has 0 bridgehead atoms. The lowest BCUT2D eigenvalue weighted by atomic mass is 10.1. The molecular formula is C27H32N2O3. The standard InChI is InChI=1S/C27H32N2O3/c1-4-5-6-10-15-29(20(3)17-23-25(30)27(32)26(23)31)24-14-13-22(16-19(24)2)28-18-21-11-8-7-9-12-21/h7-9,11-14,16-17,28,30H,4-6,10,15,18H2,1-3H3/b20-17+. The molecule has 0 aromatic heterocycles. The lowest BCUT2D eigenvalue weighted by molar-refractivity contribution is 0.461. The zero-order chi connectivity index (χ0) is 23.1. The van der Waals surface area contributed by atoms with Gasteiger partial charge in [-0.05, 0) is 55.7 Å². The molecule has 0 saturated heterocycles. The van der Waals surface area contributed by atoms with Crippen LogP contribution in [0.15, 0.2) is 63.8 Å². The minimum atomic E-state index is -0.802. The Labute approximate surface area is 189 Å². The van der Waals surface area contributed by atoms with Crippen molar-refractivity contribution in [3.8, 4) is 5.75 Å². The highest BCUT2D eigenvalue weighted by atomic mass is 16.3. The summed E-state index contributed by atoms with van der Waals surface area (Å²) in [5.74, 6) is -0.433. The van der Waals surface area contributed by atoms with Crippen molar-refractivity contribution in [1.82, 2.24) is 0 Å². The summed E-state index contributed by atoms with van der Waals surface area (Å²) < 4.78 is 0. The highest BCUT2D eigenvalue weighted by molar-refractivity contribution is 5.69. The van der Waals surface area contributed by atoms with Crippen LogP contribution in [0.5, 0.6) is 5.75 Å². The zero-order valence-corrected chi connectivity index (χ0v) is 19.1. The maximum atomic E-state index is 11.8. The Morgan fingerprint density at radius 1 is 1.03 bits per heavy atom. The van der Waals surface area contributed by atoms with Crippen LogP contribution in [0.4, 0.5) is 11.4 Å². The molecule has 3 rings (SSSR count). The smallest absolute Gasteiger partial charge is 0.268 e. The van der Waals surface area contributed by atoms with Crippen molar-refractivity contribution >= 4 is 17.5 Å². The Bertz CT molecular complexity index is 1140. The summed E-state index contributed by atoms with van der Waals surface area (Å²) in [5.41, 5.74) is 3.94. The first-order valence-electron chi connectivity index (χ1n) is 11.3. The number of aromatic hydroxyl groups is 1. The van der Waals surface area contributed by atoms with Gasteiger partial charge in [-0.1, -0.05) is 56.5 Å². The molecule has 168 valence electrons. The van der Waals surface area contributed by atoms with Gasteiger partial charge in [-0.2, -0.15) is 0 Å². The van der Waals surface area contributed by atoms with Gasteiger partial charge in [0.05, 0.1) is 5.56 Å². The Morgan fingerprint density at radius 2 is 1.78 bits per heavy atom. The molecule has 32 heavy (non-hydrogen) atoms. The minimum absolute atomic E-state index is 0.102. The molecule has 5 heteroatoms. The normalized spacial score (nSPS) is 11.7. The van der Waals surface area contributed by atoms with Crippen LogP contribution >= 0.6 is 0 Å². The van der Waals surface area contributed by atoms with Crippen molar-refractivity contribution in [3.63, 3.8) is 0 Å². The molecule has 0 spiro atoms. The van der Waals surface area contributed by atoms with Crippen LogP contribution in [0.1, 0.15) is 56.2 Å². The van der Waals surface area contributed by atoms with Crippen LogP contribution in [0.25, 0.3) is 6.08 Å². The molecule has 0 amide bonds. The summed E-state index contributed by atoms with van der Waals surface area (Å²) >= 11 is 0. The van der Waals surface area contributed by atoms with Gasteiger partial charge in [-0.3, -0.25) is 9.59 Å². The Hall–Kier alpha value is -3.34. The monoisotopic (exact) mass is 432 g/mol. The van der Waals surface area contributed by atoms with Crippen molar-refractivity contribution in [2.45, 2.75) is 53.0 Å². The maximum absolute atomic E-state index is 11.8. The number of hydrogen-bond donors (Lipinski definition) is 2. The summed E-state index contributed by atoms with van der Waals surface area (Å²) in [6, 6.07) is 16.5. The fraction of sp³-hybridized carbons (Fsp3) is 0.333. The average molecular weight is 433 g/mol. The first kappa shape index (κ1) is 23.3. The second kappa shape index (κ2) is 10.8. The molecule has 2 N–H and O–H groups in total. The quantitative estimate of drug-likeness (QED) is 0.315. The first-order valence-corrected chi connectivity index (χ1v) is 11.3. The lowest BCUT2D eigenvalue weighted by Gasteiger charge is -2.28. The number of unbranched alkanes of at least 4 members (excludes halogenated alkanes) is 3. The summed E-state index contributed by atoms with van der Waals surface area (Å²) in [5, 5.41) is 13.2. The molecule has 0 fully saturated rings. The second-order valence-electron chi connectivity index (χ2n) is 8.26. The van der Waals surface area contributed by atoms with E-state index in [0.717, 1.165) is 55.0 Å². The van der Waals surface area contributed by atoms with Gasteiger partial charge in [0.2, 0.25) is 5.43 Å². The third-order valence-corrected chi connectivity index (χ3v) is 5.76. The van der Waals surface area contributed by atoms with Crippen molar-refractivity contribution in [2.24, 2.45) is 0 Å². The average Bonchev–Trinajstić information content (AvgIpc) is 2.81. The fourth-order valence-corrected chi connectivity index (χ4v) is 3.87. The van der Waals surface area contributed by atoms with Crippen molar-refractivity contribution in [2.75, 3.05) is 16.8 Å². The zero-order valence-electron chi connectivity index (χ0n) is 19.1. The van der Waals surface area contributed by atoms with Crippen LogP contribution in [-0.2, 0) is 6.54 Å². The van der Waals surface area contributed by atoms with Gasteiger partial charge in [0.25, 0.3) is 5.43 Å². The van der Waals surface area contributed by atoms with Gasteiger partial charge in [0.1, 0.15) is 0 Å². The molecule has 0 saturated carbocycles. The lowest BCUT2D eigenvalue weighted by Crippen LogP contribution is -2.33. The number of benzene rings is 2. The molecule has 0 heterocycles. The van der Waals surface area contributed by atoms with E-state index in [1.807, 2.05) is 25.1 Å². The summed E-state index contributed by atoms with van der Waals surface area (Å²) in [7, 11) is 0. The molecule has 0 aliphatic heterocycles. The van der Waals surface area contributed by atoms with Crippen molar-refractivity contribution in [1.29, 1.82) is 0 Å². The van der Waals surface area contributed by atoms with Crippen molar-refractivity contribution in [3.05, 3.63) is 91.4 Å². The molecule has 0 radical (unpaired) electrons. The first-order chi connectivity index (χ1) is 15.4. The maximum Gasteiger partial charge on any atom is 0.268 e. The second-order valence-corrected chi connectivity index (χ2v) is 8.26. The highest BCUT2D eigenvalue weighted by Gasteiger charge is 2.20. The molecular weight excluding hydrogens is 400 g/mol. The van der Waals surface area contributed by atoms with E-state index in [4.69, 9.17) is 0 Å². The Kier molecular flexibility index (Phi) is 7.87. The Balaban J connectivity index is 1.81. The number of anilines is 2. The largest absolute Gasteiger partial charge is 0.504 e. The van der Waals surface area contributed by atoms with Crippen molar-refractivity contribution < 1.29 is 5.11 Å². The third kappa shape index (κ3) is 5.47.